The van der Waals surface area contributed by atoms with Crippen molar-refractivity contribution < 1.29 is 14.6 Å². The van der Waals surface area contributed by atoms with Gasteiger partial charge in [0.1, 0.15) is 5.56 Å². The number of benzene rings is 2. The van der Waals surface area contributed by atoms with Crippen LogP contribution in [0, 0.1) is 0 Å². The van der Waals surface area contributed by atoms with Crippen LogP contribution in [-0.4, -0.2) is 34.6 Å². The van der Waals surface area contributed by atoms with E-state index < -0.39 is 17.1 Å². The van der Waals surface area contributed by atoms with Crippen LogP contribution in [0.1, 0.15) is 22.8 Å². The van der Waals surface area contributed by atoms with E-state index in [-0.39, 0.29) is 10.8 Å². The molecule has 0 saturated carbocycles. The number of aromatic nitrogens is 2. The summed E-state index contributed by atoms with van der Waals surface area (Å²) in [6.45, 7) is 0. The Labute approximate surface area is 182 Å². The maximum Gasteiger partial charge on any atom is 0.330 e. The number of thioether (sulfide) groups is 1. The number of aromatic amines is 1. The predicted molar refractivity (Wildman–Crippen MR) is 119 cm³/mol. The highest BCUT2D eigenvalue weighted by molar-refractivity contribution is 7.99. The van der Waals surface area contributed by atoms with E-state index in [0.717, 1.165) is 15.0 Å². The number of para-hydroxylation sites is 1. The van der Waals surface area contributed by atoms with Crippen LogP contribution in [0.3, 0.4) is 0 Å². The number of H-pyrrole nitrogens is 1. The molecule has 2 N–H and O–H groups in total. The van der Waals surface area contributed by atoms with Crippen molar-refractivity contribution in [3.05, 3.63) is 74.4 Å². The number of nitrogens with one attached hydrogen (secondary N) is 1. The number of hydrogen-bond donors (Lipinski definition) is 2. The minimum Gasteiger partial charge on any atom is -0.494 e. The number of nitrogens with zero attached hydrogens (tertiary/aromatic N) is 2. The highest BCUT2D eigenvalue weighted by atomic mass is 32.2. The molecule has 0 radical (unpaired) electrons. The number of fused-ring (bicyclic) bond motifs is 1. The van der Waals surface area contributed by atoms with E-state index in [1.54, 1.807) is 26.0 Å². The number of aromatic hydroxyl groups is 1. The molecule has 3 aromatic rings. The third kappa shape index (κ3) is 3.84. The maximum absolute atomic E-state index is 12.6. The molecule has 0 fully saturated rings. The fourth-order valence-electron chi connectivity index (χ4n) is 3.48. The summed E-state index contributed by atoms with van der Waals surface area (Å²) in [5.41, 5.74) is 0.670. The molecule has 0 unspecified atom stereocenters. The first-order valence-electron chi connectivity index (χ1n) is 9.50. The number of aliphatic imine (C=N–C) groups is 1. The van der Waals surface area contributed by atoms with Gasteiger partial charge in [-0.05, 0) is 29.8 Å². The third-order valence-corrected chi connectivity index (χ3v) is 6.45. The zero-order valence-corrected chi connectivity index (χ0v) is 18.0. The molecule has 31 heavy (non-hydrogen) atoms. The van der Waals surface area contributed by atoms with Gasteiger partial charge >= 0.3 is 5.69 Å². The Morgan fingerprint density at radius 1 is 1.13 bits per heavy atom. The van der Waals surface area contributed by atoms with Gasteiger partial charge in [-0.25, -0.2) is 4.79 Å². The molecule has 0 amide bonds. The van der Waals surface area contributed by atoms with Crippen molar-refractivity contribution in [2.75, 3.05) is 14.2 Å². The maximum atomic E-state index is 12.6. The molecule has 1 atom stereocenters. The van der Waals surface area contributed by atoms with Crippen molar-refractivity contribution in [2.45, 2.75) is 16.6 Å². The topological polar surface area (TPSA) is 106 Å². The van der Waals surface area contributed by atoms with Crippen molar-refractivity contribution >= 4 is 23.2 Å². The van der Waals surface area contributed by atoms with Gasteiger partial charge in [-0.3, -0.25) is 19.3 Å². The minimum atomic E-state index is -0.688. The highest BCUT2D eigenvalue weighted by Crippen LogP contribution is 2.47. The molecule has 160 valence electrons. The average Bonchev–Trinajstić information content (AvgIpc) is 2.96. The number of rotatable bonds is 4. The Bertz CT molecular complexity index is 1300. The van der Waals surface area contributed by atoms with E-state index in [4.69, 9.17) is 14.5 Å². The summed E-state index contributed by atoms with van der Waals surface area (Å²) in [6.07, 6.45) is 0.351. The van der Waals surface area contributed by atoms with Crippen LogP contribution >= 0.6 is 11.8 Å². The molecule has 1 aliphatic rings. The van der Waals surface area contributed by atoms with E-state index >= 15 is 0 Å². The molecular formula is C22H21N3O5S. The molecule has 4 rings (SSSR count). The van der Waals surface area contributed by atoms with Gasteiger partial charge in [0, 0.05) is 23.6 Å². The van der Waals surface area contributed by atoms with Crippen LogP contribution in [0.15, 0.2) is 61.9 Å². The zero-order valence-electron chi connectivity index (χ0n) is 17.2. The molecule has 1 aliphatic heterocycles. The molecule has 0 spiro atoms. The molecular weight excluding hydrogens is 418 g/mol. The second-order valence-electron chi connectivity index (χ2n) is 6.97. The molecule has 8 nitrogen and oxygen atoms in total. The molecule has 0 saturated heterocycles. The van der Waals surface area contributed by atoms with E-state index in [0.29, 0.717) is 29.3 Å². The van der Waals surface area contributed by atoms with Crippen LogP contribution in [0.4, 0.5) is 5.69 Å². The monoisotopic (exact) mass is 439 g/mol. The van der Waals surface area contributed by atoms with E-state index in [1.165, 1.54) is 7.05 Å². The minimum absolute atomic E-state index is 0.00937. The summed E-state index contributed by atoms with van der Waals surface area (Å²) in [5, 5.41) is 10.5. The highest BCUT2D eigenvalue weighted by Gasteiger charge is 2.27. The van der Waals surface area contributed by atoms with Crippen molar-refractivity contribution in [2.24, 2.45) is 12.0 Å². The summed E-state index contributed by atoms with van der Waals surface area (Å²) in [4.78, 5) is 32.4. The largest absolute Gasteiger partial charge is 0.494 e. The SMILES string of the molecule is COc1ccc([C@H]2CC(c3c(O)n(C)c(=O)[nH]c3=O)=Nc3ccccc3S2)cc1OC. The van der Waals surface area contributed by atoms with Crippen molar-refractivity contribution in [1.29, 1.82) is 0 Å². The van der Waals surface area contributed by atoms with Gasteiger partial charge in [-0.2, -0.15) is 0 Å². The lowest BCUT2D eigenvalue weighted by Gasteiger charge is -2.18. The lowest BCUT2D eigenvalue weighted by atomic mass is 10.0. The number of ether oxygens (including phenoxy) is 2. The van der Waals surface area contributed by atoms with Gasteiger partial charge in [0.05, 0.1) is 25.6 Å². The van der Waals surface area contributed by atoms with Crippen molar-refractivity contribution in [1.82, 2.24) is 9.55 Å². The van der Waals surface area contributed by atoms with Crippen LogP contribution < -0.4 is 20.7 Å². The van der Waals surface area contributed by atoms with Crippen LogP contribution in [0.5, 0.6) is 17.4 Å². The number of hydrogen-bond acceptors (Lipinski definition) is 7. The first kappa shape index (κ1) is 20.8. The van der Waals surface area contributed by atoms with Gasteiger partial charge in [0.2, 0.25) is 5.88 Å². The Hall–Kier alpha value is -3.46. The molecule has 2 heterocycles. The van der Waals surface area contributed by atoms with Crippen LogP contribution in [0.2, 0.25) is 0 Å². The molecule has 9 heteroatoms. The van der Waals surface area contributed by atoms with Gasteiger partial charge in [-0.15, -0.1) is 11.8 Å². The normalized spacial score (nSPS) is 15.6. The first-order chi connectivity index (χ1) is 14.9. The Morgan fingerprint density at radius 2 is 1.87 bits per heavy atom. The second kappa shape index (κ2) is 8.35. The van der Waals surface area contributed by atoms with E-state index in [1.807, 2.05) is 42.5 Å². The third-order valence-electron chi connectivity index (χ3n) is 5.13. The van der Waals surface area contributed by atoms with Crippen molar-refractivity contribution in [3.8, 4) is 17.4 Å². The van der Waals surface area contributed by atoms with Crippen LogP contribution in [0.25, 0.3) is 0 Å². The lowest BCUT2D eigenvalue weighted by Crippen LogP contribution is -2.32. The van der Waals surface area contributed by atoms with E-state index in [9.17, 15) is 14.7 Å². The van der Waals surface area contributed by atoms with Gasteiger partial charge in [-0.1, -0.05) is 18.2 Å². The smallest absolute Gasteiger partial charge is 0.330 e. The fourth-order valence-corrected chi connectivity index (χ4v) is 4.70. The second-order valence-corrected chi connectivity index (χ2v) is 8.21. The van der Waals surface area contributed by atoms with Gasteiger partial charge in [0.15, 0.2) is 11.5 Å². The molecule has 0 aliphatic carbocycles. The summed E-state index contributed by atoms with van der Waals surface area (Å²) < 4.78 is 11.8. The number of methoxy groups -OCH3 is 2. The Balaban J connectivity index is 1.88. The summed E-state index contributed by atoms with van der Waals surface area (Å²) in [5.74, 6) is 0.800. The van der Waals surface area contributed by atoms with Gasteiger partial charge < -0.3 is 14.6 Å². The summed E-state index contributed by atoms with van der Waals surface area (Å²) in [7, 11) is 4.54. The van der Waals surface area contributed by atoms with Crippen LogP contribution in [-0.2, 0) is 7.05 Å². The fraction of sp³-hybridized carbons (Fsp3) is 0.227. The Morgan fingerprint density at radius 3 is 2.61 bits per heavy atom. The van der Waals surface area contributed by atoms with Crippen molar-refractivity contribution in [3.63, 3.8) is 0 Å². The zero-order chi connectivity index (χ0) is 22.1. The quantitative estimate of drug-likeness (QED) is 0.647. The molecule has 0 bridgehead atoms. The Kier molecular flexibility index (Phi) is 5.60. The average molecular weight is 439 g/mol. The lowest BCUT2D eigenvalue weighted by molar-refractivity contribution is 0.354. The standard InChI is InChI=1S/C22H21N3O5S/c1-25-21(27)19(20(26)24-22(25)28)14-11-18(31-17-7-5-4-6-13(17)23-14)12-8-9-15(29-2)16(10-12)30-3/h4-10,18,27H,11H2,1-3H3,(H,24,26,28)/t18-/m1/s1. The van der Waals surface area contributed by atoms with E-state index in [2.05, 4.69) is 4.98 Å². The van der Waals surface area contributed by atoms with Gasteiger partial charge in [0.25, 0.3) is 5.56 Å². The molecule has 1 aromatic heterocycles. The summed E-state index contributed by atoms with van der Waals surface area (Å²) in [6, 6.07) is 13.3. The summed E-state index contributed by atoms with van der Waals surface area (Å²) >= 11 is 1.61. The first-order valence-corrected chi connectivity index (χ1v) is 10.4. The molecule has 2 aromatic carbocycles. The predicted octanol–water partition coefficient (Wildman–Crippen LogP) is 3.15.